The lowest BCUT2D eigenvalue weighted by molar-refractivity contribution is -0.135. The van der Waals surface area contributed by atoms with Crippen LogP contribution in [-0.4, -0.2) is 109 Å². The van der Waals surface area contributed by atoms with E-state index in [1.807, 2.05) is 11.9 Å². The Kier molecular flexibility index (Phi) is 14.1. The van der Waals surface area contributed by atoms with Gasteiger partial charge in [-0.15, -0.1) is 0 Å². The van der Waals surface area contributed by atoms with Crippen molar-refractivity contribution >= 4 is 18.9 Å². The molecule has 9 heteroatoms. The van der Waals surface area contributed by atoms with Crippen molar-refractivity contribution in [1.29, 1.82) is 0 Å². The van der Waals surface area contributed by atoms with Crippen molar-refractivity contribution in [2.24, 2.45) is 5.92 Å². The zero-order valence-corrected chi connectivity index (χ0v) is 21.1. The Morgan fingerprint density at radius 1 is 1.00 bits per heavy atom. The highest BCUT2D eigenvalue weighted by Crippen LogP contribution is 2.22. The first-order valence-electron chi connectivity index (χ1n) is 11.8. The molecule has 0 spiro atoms. The molecule has 0 radical (unpaired) electrons. The van der Waals surface area contributed by atoms with Gasteiger partial charge in [-0.3, -0.25) is 19.3 Å². The summed E-state index contributed by atoms with van der Waals surface area (Å²) < 4.78 is 0. The highest BCUT2D eigenvalue weighted by molar-refractivity contribution is 5.79. The number of rotatable bonds is 6. The number of carboxylic acid groups (broad SMARTS) is 2. The Morgan fingerprint density at radius 2 is 1.56 bits per heavy atom. The van der Waals surface area contributed by atoms with Gasteiger partial charge < -0.3 is 24.9 Å². The monoisotopic (exact) mass is 478 g/mol. The summed E-state index contributed by atoms with van der Waals surface area (Å²) in [7, 11) is 8.41. The lowest BCUT2D eigenvalue weighted by Crippen LogP contribution is -2.39. The van der Waals surface area contributed by atoms with E-state index >= 15 is 0 Å². The van der Waals surface area contributed by atoms with Crippen LogP contribution in [0.3, 0.4) is 0 Å². The van der Waals surface area contributed by atoms with Gasteiger partial charge in [0.2, 0.25) is 5.91 Å². The number of likely N-dealkylation sites (tertiary alicyclic amines) is 2. The molecule has 2 atom stereocenters. The van der Waals surface area contributed by atoms with Gasteiger partial charge >= 0.3 is 0 Å². The molecule has 9 nitrogen and oxygen atoms in total. The third kappa shape index (κ3) is 10.2. The van der Waals surface area contributed by atoms with E-state index in [4.69, 9.17) is 19.8 Å². The van der Waals surface area contributed by atoms with Gasteiger partial charge in [0.1, 0.15) is 0 Å². The van der Waals surface area contributed by atoms with Gasteiger partial charge in [0.25, 0.3) is 12.9 Å². The number of hydrogen-bond donors (Lipinski definition) is 2. The summed E-state index contributed by atoms with van der Waals surface area (Å²) in [4.78, 5) is 39.0. The molecule has 0 bridgehead atoms. The van der Waals surface area contributed by atoms with E-state index in [-0.39, 0.29) is 18.9 Å². The molecule has 1 aromatic rings. The summed E-state index contributed by atoms with van der Waals surface area (Å²) in [6.45, 7) is 5.52. The molecule has 0 saturated carbocycles. The van der Waals surface area contributed by atoms with Crippen LogP contribution in [0.1, 0.15) is 36.8 Å². The molecular weight excluding hydrogens is 436 g/mol. The maximum absolute atomic E-state index is 13.2. The lowest BCUT2D eigenvalue weighted by Gasteiger charge is -2.27. The molecule has 0 unspecified atom stereocenters. The van der Waals surface area contributed by atoms with Gasteiger partial charge in [-0.2, -0.15) is 0 Å². The summed E-state index contributed by atoms with van der Waals surface area (Å²) in [6.07, 6.45) is 4.69. The average molecular weight is 479 g/mol. The average Bonchev–Trinajstić information content (AvgIpc) is 3.22. The molecule has 2 aliphatic heterocycles. The molecular formula is C25H42N4O5. The van der Waals surface area contributed by atoms with Crippen molar-refractivity contribution in [1.82, 2.24) is 19.6 Å². The quantitative estimate of drug-likeness (QED) is 0.598. The zero-order valence-electron chi connectivity index (χ0n) is 21.1. The van der Waals surface area contributed by atoms with E-state index in [0.717, 1.165) is 32.5 Å². The molecule has 34 heavy (non-hydrogen) atoms. The first kappa shape index (κ1) is 29.5. The van der Waals surface area contributed by atoms with Crippen LogP contribution >= 0.6 is 0 Å². The summed E-state index contributed by atoms with van der Waals surface area (Å²) in [6, 6.07) is 9.18. The third-order valence-corrected chi connectivity index (χ3v) is 6.48. The number of likely N-dealkylation sites (N-methyl/N-ethyl adjacent to an activating group) is 2. The van der Waals surface area contributed by atoms with Crippen molar-refractivity contribution < 1.29 is 24.6 Å². The lowest BCUT2D eigenvalue weighted by atomic mass is 9.99. The van der Waals surface area contributed by atoms with Crippen molar-refractivity contribution in [2.45, 2.75) is 44.8 Å². The largest absolute Gasteiger partial charge is 0.483 e. The fourth-order valence-corrected chi connectivity index (χ4v) is 4.70. The number of nitrogens with zero attached hydrogens (tertiary/aromatic N) is 4. The van der Waals surface area contributed by atoms with Crippen LogP contribution < -0.4 is 0 Å². The van der Waals surface area contributed by atoms with Gasteiger partial charge in [0.15, 0.2) is 0 Å². The number of benzene rings is 1. The molecule has 0 aliphatic carbocycles. The molecule has 0 aromatic heterocycles. The number of carbonyl (C=O) groups excluding carboxylic acids is 1. The number of carbonyl (C=O) groups is 3. The minimum Gasteiger partial charge on any atom is -0.483 e. The minimum absolute atomic E-state index is 0.102. The standard InChI is InChI=1S/C23H38N4O.2CH2O2/c1-24(2)22-12-11-21(15-25(3)18-22)23(28)26(4)16-19-9-5-6-10-20(19)17-27-13-7-8-14-27;2*2-1-3/h5-6,9-10,21-22H,7-8,11-18H2,1-4H3;2*1H,(H,2,3)/t21-,22+;;/m1../s1. The van der Waals surface area contributed by atoms with E-state index < -0.39 is 0 Å². The normalized spacial score (nSPS) is 20.9. The minimum atomic E-state index is -0.250. The molecule has 1 amide bonds. The van der Waals surface area contributed by atoms with Crippen LogP contribution in [0.25, 0.3) is 0 Å². The van der Waals surface area contributed by atoms with Crippen LogP contribution in [0, 0.1) is 5.92 Å². The van der Waals surface area contributed by atoms with E-state index in [9.17, 15) is 4.79 Å². The van der Waals surface area contributed by atoms with Crippen molar-refractivity contribution in [2.75, 3.05) is 54.4 Å². The summed E-state index contributed by atoms with van der Waals surface area (Å²) in [5.41, 5.74) is 2.66. The Hall–Kier alpha value is -2.49. The third-order valence-electron chi connectivity index (χ3n) is 6.48. The second-order valence-electron chi connectivity index (χ2n) is 9.27. The molecule has 2 aliphatic rings. The van der Waals surface area contributed by atoms with E-state index in [0.29, 0.717) is 18.5 Å². The van der Waals surface area contributed by atoms with Gasteiger partial charge in [0.05, 0.1) is 5.92 Å². The van der Waals surface area contributed by atoms with Gasteiger partial charge in [-0.1, -0.05) is 24.3 Å². The molecule has 2 fully saturated rings. The van der Waals surface area contributed by atoms with Gasteiger partial charge in [-0.05, 0) is 71.0 Å². The Bertz CT molecular complexity index is 734. The van der Waals surface area contributed by atoms with Crippen LogP contribution in [-0.2, 0) is 27.5 Å². The Morgan fingerprint density at radius 3 is 2.12 bits per heavy atom. The van der Waals surface area contributed by atoms with E-state index in [2.05, 4.69) is 60.1 Å². The predicted octanol–water partition coefficient (Wildman–Crippen LogP) is 1.91. The van der Waals surface area contributed by atoms with Crippen LogP contribution in [0.4, 0.5) is 0 Å². The second kappa shape index (κ2) is 16.2. The molecule has 2 N–H and O–H groups in total. The Balaban J connectivity index is 0.000000872. The van der Waals surface area contributed by atoms with E-state index in [1.54, 1.807) is 0 Å². The molecule has 2 saturated heterocycles. The second-order valence-corrected chi connectivity index (χ2v) is 9.27. The molecule has 192 valence electrons. The summed E-state index contributed by atoms with van der Waals surface area (Å²) in [5.74, 6) is 0.396. The fourth-order valence-electron chi connectivity index (χ4n) is 4.70. The van der Waals surface area contributed by atoms with Crippen LogP contribution in [0.5, 0.6) is 0 Å². The number of amides is 1. The Labute approximate surface area is 203 Å². The first-order valence-corrected chi connectivity index (χ1v) is 11.8. The van der Waals surface area contributed by atoms with Crippen LogP contribution in [0.15, 0.2) is 24.3 Å². The van der Waals surface area contributed by atoms with Crippen molar-refractivity contribution in [3.05, 3.63) is 35.4 Å². The number of hydrogen-bond acceptors (Lipinski definition) is 6. The SMILES string of the molecule is CN1C[C@H](C(=O)N(C)Cc2ccccc2CN2CCCC2)CC[C@H](N(C)C)C1.O=CO.O=CO. The van der Waals surface area contributed by atoms with Crippen LogP contribution in [0.2, 0.25) is 0 Å². The molecule has 3 rings (SSSR count). The maximum Gasteiger partial charge on any atom is 0.290 e. The van der Waals surface area contributed by atoms with E-state index in [1.165, 1.54) is 37.1 Å². The maximum atomic E-state index is 13.2. The van der Waals surface area contributed by atoms with Gasteiger partial charge in [-0.25, -0.2) is 0 Å². The topological polar surface area (TPSA) is 105 Å². The van der Waals surface area contributed by atoms with Gasteiger partial charge in [0, 0.05) is 39.3 Å². The first-order chi connectivity index (χ1) is 16.3. The fraction of sp³-hybridized carbons (Fsp3) is 0.640. The summed E-state index contributed by atoms with van der Waals surface area (Å²) in [5, 5.41) is 13.8. The molecule has 1 aromatic carbocycles. The summed E-state index contributed by atoms with van der Waals surface area (Å²) >= 11 is 0. The zero-order chi connectivity index (χ0) is 25.5. The highest BCUT2D eigenvalue weighted by Gasteiger charge is 2.29. The van der Waals surface area contributed by atoms with Crippen molar-refractivity contribution in [3.8, 4) is 0 Å². The smallest absolute Gasteiger partial charge is 0.290 e. The predicted molar refractivity (Wildman–Crippen MR) is 133 cm³/mol. The van der Waals surface area contributed by atoms with Crippen molar-refractivity contribution in [3.63, 3.8) is 0 Å². The highest BCUT2D eigenvalue weighted by atomic mass is 16.3. The molecule has 2 heterocycles.